The molecule has 1 aliphatic heterocycles. The highest BCUT2D eigenvalue weighted by Gasteiger charge is 2.21. The molecule has 2 rings (SSSR count). The zero-order valence-corrected chi connectivity index (χ0v) is 12.2. The van der Waals surface area contributed by atoms with Crippen molar-refractivity contribution in [2.24, 2.45) is 0 Å². The second-order valence-electron chi connectivity index (χ2n) is 5.31. The lowest BCUT2D eigenvalue weighted by molar-refractivity contribution is 0.391. The van der Waals surface area contributed by atoms with Gasteiger partial charge < -0.3 is 10.1 Å². The molecule has 1 heterocycles. The minimum absolute atomic E-state index is 0.421. The first kappa shape index (κ1) is 13.7. The van der Waals surface area contributed by atoms with Gasteiger partial charge in [0.05, 0.1) is 7.11 Å². The van der Waals surface area contributed by atoms with Crippen LogP contribution in [-0.2, 0) is 0 Å². The topological polar surface area (TPSA) is 21.3 Å². The van der Waals surface area contributed by atoms with Gasteiger partial charge in [0.15, 0.2) is 0 Å². The molecule has 1 fully saturated rings. The normalized spacial score (nSPS) is 20.2. The van der Waals surface area contributed by atoms with Crippen LogP contribution < -0.4 is 10.1 Å². The van der Waals surface area contributed by atoms with Crippen LogP contribution in [0.15, 0.2) is 12.1 Å². The minimum Gasteiger partial charge on any atom is -0.496 e. The van der Waals surface area contributed by atoms with Crippen LogP contribution in [0.4, 0.5) is 0 Å². The monoisotopic (exact) mass is 267 g/mol. The summed E-state index contributed by atoms with van der Waals surface area (Å²) in [5.41, 5.74) is 2.42. The van der Waals surface area contributed by atoms with Gasteiger partial charge in [-0.25, -0.2) is 0 Å². The van der Waals surface area contributed by atoms with Crippen molar-refractivity contribution in [1.29, 1.82) is 0 Å². The first-order chi connectivity index (χ1) is 8.63. The molecule has 0 aliphatic carbocycles. The van der Waals surface area contributed by atoms with Gasteiger partial charge >= 0.3 is 0 Å². The van der Waals surface area contributed by atoms with Crippen LogP contribution in [0.1, 0.15) is 49.7 Å². The van der Waals surface area contributed by atoms with E-state index in [-0.39, 0.29) is 0 Å². The van der Waals surface area contributed by atoms with E-state index in [1.165, 1.54) is 24.0 Å². The SMILES string of the molecule is COc1cc(C(C)C)c(Cl)cc1C1CCCNC1. The Kier molecular flexibility index (Phi) is 4.52. The largest absolute Gasteiger partial charge is 0.496 e. The zero-order valence-electron chi connectivity index (χ0n) is 11.4. The lowest BCUT2D eigenvalue weighted by atomic mass is 9.89. The first-order valence-corrected chi connectivity index (χ1v) is 7.09. The van der Waals surface area contributed by atoms with Crippen molar-refractivity contribution >= 4 is 11.6 Å². The maximum atomic E-state index is 6.40. The highest BCUT2D eigenvalue weighted by Crippen LogP contribution is 2.37. The van der Waals surface area contributed by atoms with Gasteiger partial charge in [-0.15, -0.1) is 0 Å². The van der Waals surface area contributed by atoms with Gasteiger partial charge in [-0.05, 0) is 48.6 Å². The molecule has 3 heteroatoms. The van der Waals surface area contributed by atoms with Gasteiger partial charge in [-0.1, -0.05) is 25.4 Å². The molecule has 1 saturated heterocycles. The third-order valence-corrected chi connectivity index (χ3v) is 4.04. The molecule has 0 aromatic heterocycles. The van der Waals surface area contributed by atoms with Crippen LogP contribution >= 0.6 is 11.6 Å². The van der Waals surface area contributed by atoms with E-state index in [9.17, 15) is 0 Å². The van der Waals surface area contributed by atoms with Gasteiger partial charge in [-0.2, -0.15) is 0 Å². The Bertz CT molecular complexity index is 411. The maximum absolute atomic E-state index is 6.40. The molecule has 0 radical (unpaired) electrons. The lowest BCUT2D eigenvalue weighted by Crippen LogP contribution is -2.28. The van der Waals surface area contributed by atoms with Crippen LogP contribution in [0.25, 0.3) is 0 Å². The molecule has 0 amide bonds. The Hall–Kier alpha value is -0.730. The molecule has 0 saturated carbocycles. The number of ether oxygens (including phenoxy) is 1. The van der Waals surface area contributed by atoms with E-state index in [2.05, 4.69) is 31.3 Å². The smallest absolute Gasteiger partial charge is 0.122 e. The summed E-state index contributed by atoms with van der Waals surface area (Å²) in [5, 5.41) is 4.31. The number of halogens is 1. The standard InChI is InChI=1S/C15H22ClNO/c1-10(2)12-8-15(18-3)13(7-14(12)16)11-5-4-6-17-9-11/h7-8,10-11,17H,4-6,9H2,1-3H3. The van der Waals surface area contributed by atoms with Gasteiger partial charge in [0.25, 0.3) is 0 Å². The van der Waals surface area contributed by atoms with Gasteiger partial charge in [0.1, 0.15) is 5.75 Å². The Labute approximate surface area is 115 Å². The van der Waals surface area contributed by atoms with Crippen LogP contribution in [-0.4, -0.2) is 20.2 Å². The molecule has 1 aromatic rings. The molecule has 18 heavy (non-hydrogen) atoms. The zero-order chi connectivity index (χ0) is 13.1. The van der Waals surface area contributed by atoms with Gasteiger partial charge in [0, 0.05) is 17.5 Å². The van der Waals surface area contributed by atoms with Gasteiger partial charge in [0.2, 0.25) is 0 Å². The summed E-state index contributed by atoms with van der Waals surface area (Å²) in [7, 11) is 1.74. The van der Waals surface area contributed by atoms with Crippen molar-refractivity contribution in [3.63, 3.8) is 0 Å². The molecule has 1 N–H and O–H groups in total. The molecule has 0 bridgehead atoms. The van der Waals surface area contributed by atoms with E-state index < -0.39 is 0 Å². The number of rotatable bonds is 3. The molecule has 2 nitrogen and oxygen atoms in total. The third-order valence-electron chi connectivity index (χ3n) is 3.71. The minimum atomic E-state index is 0.421. The summed E-state index contributed by atoms with van der Waals surface area (Å²) in [4.78, 5) is 0. The maximum Gasteiger partial charge on any atom is 0.122 e. The quantitative estimate of drug-likeness (QED) is 0.896. The van der Waals surface area contributed by atoms with Crippen LogP contribution in [0.5, 0.6) is 5.75 Å². The molecular formula is C15H22ClNO. The summed E-state index contributed by atoms with van der Waals surface area (Å²) < 4.78 is 5.56. The van der Waals surface area contributed by atoms with Crippen molar-refractivity contribution in [1.82, 2.24) is 5.32 Å². The number of hydrogen-bond acceptors (Lipinski definition) is 2. The van der Waals surface area contributed by atoms with Crippen molar-refractivity contribution in [2.45, 2.75) is 38.5 Å². The Morgan fingerprint density at radius 1 is 1.39 bits per heavy atom. The number of nitrogens with one attached hydrogen (secondary N) is 1. The lowest BCUT2D eigenvalue weighted by Gasteiger charge is -2.26. The second kappa shape index (κ2) is 5.94. The van der Waals surface area contributed by atoms with E-state index in [4.69, 9.17) is 16.3 Å². The average Bonchev–Trinajstić information content (AvgIpc) is 2.39. The van der Waals surface area contributed by atoms with E-state index >= 15 is 0 Å². The van der Waals surface area contributed by atoms with E-state index in [1.54, 1.807) is 7.11 Å². The Balaban J connectivity index is 2.37. The summed E-state index contributed by atoms with van der Waals surface area (Å²) in [5.74, 6) is 1.93. The summed E-state index contributed by atoms with van der Waals surface area (Å²) in [6.45, 7) is 6.45. The van der Waals surface area contributed by atoms with Crippen LogP contribution in [0, 0.1) is 0 Å². The first-order valence-electron chi connectivity index (χ1n) is 6.71. The number of hydrogen-bond donors (Lipinski definition) is 1. The predicted molar refractivity (Wildman–Crippen MR) is 76.9 cm³/mol. The van der Waals surface area contributed by atoms with Crippen molar-refractivity contribution in [3.05, 3.63) is 28.3 Å². The van der Waals surface area contributed by atoms with Crippen molar-refractivity contribution < 1.29 is 4.74 Å². The summed E-state index contributed by atoms with van der Waals surface area (Å²) >= 11 is 6.40. The van der Waals surface area contributed by atoms with E-state index in [0.717, 1.165) is 23.9 Å². The van der Waals surface area contributed by atoms with E-state index in [1.807, 2.05) is 0 Å². The third kappa shape index (κ3) is 2.81. The average molecular weight is 268 g/mol. The fraction of sp³-hybridized carbons (Fsp3) is 0.600. The Morgan fingerprint density at radius 2 is 2.17 bits per heavy atom. The molecule has 1 aromatic carbocycles. The molecule has 1 atom stereocenters. The van der Waals surface area contributed by atoms with Crippen molar-refractivity contribution in [2.75, 3.05) is 20.2 Å². The number of piperidine rings is 1. The fourth-order valence-corrected chi connectivity index (χ4v) is 3.03. The number of benzene rings is 1. The number of methoxy groups -OCH3 is 1. The Morgan fingerprint density at radius 3 is 2.72 bits per heavy atom. The highest BCUT2D eigenvalue weighted by atomic mass is 35.5. The molecule has 0 spiro atoms. The molecule has 100 valence electrons. The molecular weight excluding hydrogens is 246 g/mol. The van der Waals surface area contributed by atoms with Crippen LogP contribution in [0.2, 0.25) is 5.02 Å². The molecule has 1 unspecified atom stereocenters. The molecule has 1 aliphatic rings. The van der Waals surface area contributed by atoms with Crippen LogP contribution in [0.3, 0.4) is 0 Å². The predicted octanol–water partition coefficient (Wildman–Crippen LogP) is 3.94. The van der Waals surface area contributed by atoms with Crippen molar-refractivity contribution in [3.8, 4) is 5.75 Å². The fourth-order valence-electron chi connectivity index (χ4n) is 2.64. The highest BCUT2D eigenvalue weighted by molar-refractivity contribution is 6.31. The summed E-state index contributed by atoms with van der Waals surface area (Å²) in [6, 6.07) is 4.21. The summed E-state index contributed by atoms with van der Waals surface area (Å²) in [6.07, 6.45) is 2.43. The van der Waals surface area contributed by atoms with E-state index in [0.29, 0.717) is 11.8 Å². The van der Waals surface area contributed by atoms with Gasteiger partial charge in [-0.3, -0.25) is 0 Å². The second-order valence-corrected chi connectivity index (χ2v) is 5.72.